The zero-order chi connectivity index (χ0) is 23.3. The predicted molar refractivity (Wildman–Crippen MR) is 131 cm³/mol. The van der Waals surface area contributed by atoms with Crippen LogP contribution in [0.15, 0.2) is 52.2 Å². The average molecular weight is 482 g/mol. The molecule has 0 N–H and O–H groups in total. The van der Waals surface area contributed by atoms with Gasteiger partial charge in [-0.1, -0.05) is 23.9 Å². The van der Waals surface area contributed by atoms with E-state index < -0.39 is 0 Å². The second-order valence-electron chi connectivity index (χ2n) is 8.89. The van der Waals surface area contributed by atoms with Gasteiger partial charge >= 0.3 is 0 Å². The monoisotopic (exact) mass is 481 g/mol. The van der Waals surface area contributed by atoms with Crippen LogP contribution in [-0.2, 0) is 17.9 Å². The van der Waals surface area contributed by atoms with E-state index in [9.17, 15) is 4.79 Å². The van der Waals surface area contributed by atoms with Gasteiger partial charge in [-0.3, -0.25) is 9.36 Å². The summed E-state index contributed by atoms with van der Waals surface area (Å²) < 4.78 is 12.9. The number of ether oxygens (including phenoxy) is 1. The van der Waals surface area contributed by atoms with Gasteiger partial charge in [-0.25, -0.2) is 0 Å². The Labute approximate surface area is 204 Å². The summed E-state index contributed by atoms with van der Waals surface area (Å²) in [5, 5.41) is 9.74. The first-order chi connectivity index (χ1) is 16.7. The third-order valence-corrected chi connectivity index (χ3v) is 7.33. The Morgan fingerprint density at radius 1 is 1.15 bits per heavy atom. The highest BCUT2D eigenvalue weighted by Gasteiger charge is 2.33. The standard InChI is InChI=1S/C25H31N5O3S/c1-32-21-11-7-19(8-12-21)16-29(20-9-10-20)23(31)18-34-25-27-26-24(28-13-3-2-4-14-28)30(25)17-22-6-5-15-33-22/h5-8,11-12,15,20H,2-4,9-10,13-14,16-18H2,1H3. The number of thioether (sulfide) groups is 1. The normalized spacial score (nSPS) is 16.0. The van der Waals surface area contributed by atoms with E-state index in [-0.39, 0.29) is 5.91 Å². The van der Waals surface area contributed by atoms with Crippen LogP contribution in [0.2, 0.25) is 0 Å². The first-order valence-corrected chi connectivity index (χ1v) is 13.0. The minimum atomic E-state index is 0.135. The molecule has 1 saturated carbocycles. The van der Waals surface area contributed by atoms with Crippen molar-refractivity contribution in [2.45, 2.75) is 56.4 Å². The fourth-order valence-electron chi connectivity index (χ4n) is 4.36. The first-order valence-electron chi connectivity index (χ1n) is 12.0. The van der Waals surface area contributed by atoms with Crippen molar-refractivity contribution in [2.75, 3.05) is 30.9 Å². The summed E-state index contributed by atoms with van der Waals surface area (Å²) in [6.07, 6.45) is 7.40. The van der Waals surface area contributed by atoms with Gasteiger partial charge in [0.05, 0.1) is 25.7 Å². The maximum absolute atomic E-state index is 13.3. The lowest BCUT2D eigenvalue weighted by Crippen LogP contribution is -2.34. The van der Waals surface area contributed by atoms with Crippen LogP contribution in [0.4, 0.5) is 5.95 Å². The van der Waals surface area contributed by atoms with Gasteiger partial charge in [-0.2, -0.15) is 0 Å². The van der Waals surface area contributed by atoms with Crippen molar-refractivity contribution in [1.82, 2.24) is 19.7 Å². The second-order valence-corrected chi connectivity index (χ2v) is 9.83. The number of carbonyl (C=O) groups excluding carboxylic acids is 1. The third kappa shape index (κ3) is 5.41. The number of furan rings is 1. The molecule has 0 unspecified atom stereocenters. The van der Waals surface area contributed by atoms with E-state index in [1.807, 2.05) is 41.3 Å². The summed E-state index contributed by atoms with van der Waals surface area (Å²) in [6.45, 7) is 3.14. The molecule has 8 nitrogen and oxygen atoms in total. The van der Waals surface area contributed by atoms with E-state index >= 15 is 0 Å². The summed E-state index contributed by atoms with van der Waals surface area (Å²) in [4.78, 5) is 17.6. The number of aromatic nitrogens is 3. The smallest absolute Gasteiger partial charge is 0.233 e. The molecule has 180 valence electrons. The Hall–Kier alpha value is -2.94. The Morgan fingerprint density at radius 3 is 2.62 bits per heavy atom. The van der Waals surface area contributed by atoms with Crippen molar-refractivity contribution in [2.24, 2.45) is 0 Å². The van der Waals surface area contributed by atoms with Crippen LogP contribution in [0.25, 0.3) is 0 Å². The van der Waals surface area contributed by atoms with Gasteiger partial charge in [0.15, 0.2) is 5.16 Å². The van der Waals surface area contributed by atoms with E-state index in [0.717, 1.165) is 67.0 Å². The van der Waals surface area contributed by atoms with Crippen molar-refractivity contribution in [3.63, 3.8) is 0 Å². The van der Waals surface area contributed by atoms with Gasteiger partial charge in [-0.15, -0.1) is 10.2 Å². The Balaban J connectivity index is 1.28. The lowest BCUT2D eigenvalue weighted by molar-refractivity contribution is -0.129. The number of piperidine rings is 1. The van der Waals surface area contributed by atoms with Crippen molar-refractivity contribution in [3.8, 4) is 5.75 Å². The quantitative estimate of drug-likeness (QED) is 0.402. The van der Waals surface area contributed by atoms with Gasteiger partial charge in [0.2, 0.25) is 11.9 Å². The molecule has 1 aromatic carbocycles. The van der Waals surface area contributed by atoms with E-state index in [1.165, 1.54) is 18.2 Å². The highest BCUT2D eigenvalue weighted by molar-refractivity contribution is 7.99. The summed E-state index contributed by atoms with van der Waals surface area (Å²) in [7, 11) is 1.66. The fourth-order valence-corrected chi connectivity index (χ4v) is 5.18. The number of carbonyl (C=O) groups is 1. The van der Waals surface area contributed by atoms with Gasteiger partial charge in [0.1, 0.15) is 11.5 Å². The Bertz CT molecular complexity index is 1070. The van der Waals surface area contributed by atoms with E-state index in [0.29, 0.717) is 24.9 Å². The molecule has 9 heteroatoms. The highest BCUT2D eigenvalue weighted by Crippen LogP contribution is 2.31. The first kappa shape index (κ1) is 22.8. The van der Waals surface area contributed by atoms with Gasteiger partial charge in [0.25, 0.3) is 0 Å². The minimum absolute atomic E-state index is 0.135. The van der Waals surface area contributed by atoms with Crippen LogP contribution >= 0.6 is 11.8 Å². The molecule has 0 atom stereocenters. The number of hydrogen-bond donors (Lipinski definition) is 0. The zero-order valence-electron chi connectivity index (χ0n) is 19.6. The Kier molecular flexibility index (Phi) is 7.08. The molecule has 0 bridgehead atoms. The largest absolute Gasteiger partial charge is 0.497 e. The van der Waals surface area contributed by atoms with E-state index in [4.69, 9.17) is 9.15 Å². The lowest BCUT2D eigenvalue weighted by atomic mass is 10.1. The van der Waals surface area contributed by atoms with Crippen molar-refractivity contribution >= 4 is 23.6 Å². The van der Waals surface area contributed by atoms with Crippen LogP contribution in [0.1, 0.15) is 43.4 Å². The summed E-state index contributed by atoms with van der Waals surface area (Å²) in [5.74, 6) is 3.01. The molecule has 1 amide bonds. The van der Waals surface area contributed by atoms with Crippen molar-refractivity contribution < 1.29 is 13.9 Å². The van der Waals surface area contributed by atoms with Crippen LogP contribution in [0.5, 0.6) is 5.75 Å². The third-order valence-electron chi connectivity index (χ3n) is 6.37. The highest BCUT2D eigenvalue weighted by atomic mass is 32.2. The predicted octanol–water partition coefficient (Wildman–Crippen LogP) is 4.20. The van der Waals surface area contributed by atoms with Crippen molar-refractivity contribution in [1.29, 1.82) is 0 Å². The van der Waals surface area contributed by atoms with E-state index in [1.54, 1.807) is 13.4 Å². The van der Waals surface area contributed by atoms with Gasteiger partial charge in [0, 0.05) is 25.7 Å². The molecular formula is C25H31N5O3S. The summed E-state index contributed by atoms with van der Waals surface area (Å²) in [6, 6.07) is 12.1. The molecule has 1 saturated heterocycles. The molecule has 2 fully saturated rings. The van der Waals surface area contributed by atoms with Gasteiger partial charge < -0.3 is 19.0 Å². The molecule has 34 heavy (non-hydrogen) atoms. The second kappa shape index (κ2) is 10.5. The molecule has 1 aliphatic heterocycles. The molecule has 5 rings (SSSR count). The average Bonchev–Trinajstić information content (AvgIpc) is 3.44. The van der Waals surface area contributed by atoms with Gasteiger partial charge in [-0.05, 0) is 61.9 Å². The van der Waals surface area contributed by atoms with Crippen LogP contribution in [-0.4, -0.2) is 57.6 Å². The molecule has 3 heterocycles. The number of anilines is 1. The van der Waals surface area contributed by atoms with E-state index in [2.05, 4.69) is 19.7 Å². The topological polar surface area (TPSA) is 76.6 Å². The van der Waals surface area contributed by atoms with Crippen LogP contribution in [0.3, 0.4) is 0 Å². The lowest BCUT2D eigenvalue weighted by Gasteiger charge is -2.27. The Morgan fingerprint density at radius 2 is 1.94 bits per heavy atom. The van der Waals surface area contributed by atoms with Crippen LogP contribution < -0.4 is 9.64 Å². The number of methoxy groups -OCH3 is 1. The number of rotatable bonds is 10. The molecule has 0 spiro atoms. The molecule has 2 aliphatic rings. The summed E-state index contributed by atoms with van der Waals surface area (Å²) >= 11 is 1.46. The fraction of sp³-hybridized carbons (Fsp3) is 0.480. The maximum atomic E-state index is 13.3. The minimum Gasteiger partial charge on any atom is -0.497 e. The number of amides is 1. The number of benzene rings is 1. The maximum Gasteiger partial charge on any atom is 0.233 e. The van der Waals surface area contributed by atoms with Crippen molar-refractivity contribution in [3.05, 3.63) is 54.0 Å². The molecule has 2 aromatic heterocycles. The van der Waals surface area contributed by atoms with Crippen LogP contribution in [0, 0.1) is 0 Å². The summed E-state index contributed by atoms with van der Waals surface area (Å²) in [5.41, 5.74) is 1.11. The molecule has 3 aromatic rings. The molecule has 1 aliphatic carbocycles. The molecular weight excluding hydrogens is 450 g/mol. The number of nitrogens with zero attached hydrogens (tertiary/aromatic N) is 5. The SMILES string of the molecule is COc1ccc(CN(C(=O)CSc2nnc(N3CCCCC3)n2Cc2ccco2)C2CC2)cc1. The zero-order valence-corrected chi connectivity index (χ0v) is 20.4. The molecule has 0 radical (unpaired) electrons. The number of hydrogen-bond acceptors (Lipinski definition) is 7.